The van der Waals surface area contributed by atoms with E-state index in [0.29, 0.717) is 0 Å². The molecule has 4 heteroatoms. The highest BCUT2D eigenvalue weighted by molar-refractivity contribution is 9.10. The van der Waals surface area contributed by atoms with Gasteiger partial charge in [-0.05, 0) is 42.9 Å². The Morgan fingerprint density at radius 3 is 2.42 bits per heavy atom. The van der Waals surface area contributed by atoms with Gasteiger partial charge in [-0.25, -0.2) is 4.39 Å². The van der Waals surface area contributed by atoms with Crippen molar-refractivity contribution in [2.24, 2.45) is 0 Å². The van der Waals surface area contributed by atoms with Crippen LogP contribution in [0, 0.1) is 5.82 Å². The highest BCUT2D eigenvalue weighted by Crippen LogP contribution is 2.32. The lowest BCUT2D eigenvalue weighted by Crippen LogP contribution is -2.18. The minimum atomic E-state index is -0.236. The number of halogens is 2. The molecule has 1 atom stereocenters. The fraction of sp³-hybridized carbons (Fsp3) is 0.200. The predicted octanol–water partition coefficient (Wildman–Crippen LogP) is 3.91. The molecule has 0 aliphatic carbocycles. The lowest BCUT2D eigenvalue weighted by Gasteiger charge is -2.20. The van der Waals surface area contributed by atoms with E-state index in [2.05, 4.69) is 21.2 Å². The van der Waals surface area contributed by atoms with Crippen LogP contribution in [0.1, 0.15) is 17.2 Å². The molecule has 0 aliphatic heterocycles. The van der Waals surface area contributed by atoms with Crippen molar-refractivity contribution in [3.05, 3.63) is 63.9 Å². The van der Waals surface area contributed by atoms with Gasteiger partial charge in [0.2, 0.25) is 0 Å². The standard InChI is InChI=1S/C15H15BrFNO/c1-18-15(10-3-6-12(17)7-4-10)13-9-11(16)5-8-14(13)19-2/h3-9,15,18H,1-2H3. The van der Waals surface area contributed by atoms with Gasteiger partial charge < -0.3 is 10.1 Å². The van der Waals surface area contributed by atoms with Crippen LogP contribution < -0.4 is 10.1 Å². The first kappa shape index (κ1) is 14.0. The van der Waals surface area contributed by atoms with E-state index in [1.165, 1.54) is 12.1 Å². The molecule has 0 bridgehead atoms. The lowest BCUT2D eigenvalue weighted by molar-refractivity contribution is 0.405. The summed E-state index contributed by atoms with van der Waals surface area (Å²) in [5, 5.41) is 3.23. The van der Waals surface area contributed by atoms with E-state index in [1.807, 2.05) is 25.2 Å². The van der Waals surface area contributed by atoms with Crippen molar-refractivity contribution >= 4 is 15.9 Å². The van der Waals surface area contributed by atoms with Crippen molar-refractivity contribution in [2.75, 3.05) is 14.2 Å². The first-order valence-electron chi connectivity index (χ1n) is 5.92. The Morgan fingerprint density at radius 2 is 1.84 bits per heavy atom. The molecule has 0 aliphatic rings. The molecule has 1 N–H and O–H groups in total. The van der Waals surface area contributed by atoms with Crippen LogP contribution in [0.3, 0.4) is 0 Å². The third kappa shape index (κ3) is 3.14. The predicted molar refractivity (Wildman–Crippen MR) is 78.0 cm³/mol. The van der Waals surface area contributed by atoms with Gasteiger partial charge in [0.25, 0.3) is 0 Å². The van der Waals surface area contributed by atoms with Gasteiger partial charge in [-0.2, -0.15) is 0 Å². The maximum atomic E-state index is 13.0. The average molecular weight is 324 g/mol. The largest absolute Gasteiger partial charge is 0.496 e. The van der Waals surface area contributed by atoms with E-state index in [0.717, 1.165) is 21.3 Å². The maximum Gasteiger partial charge on any atom is 0.124 e. The van der Waals surface area contributed by atoms with Crippen molar-refractivity contribution in [1.29, 1.82) is 0 Å². The molecule has 2 aromatic rings. The third-order valence-corrected chi connectivity index (χ3v) is 3.49. The van der Waals surface area contributed by atoms with Gasteiger partial charge in [-0.3, -0.25) is 0 Å². The molecule has 0 saturated carbocycles. The number of nitrogens with one attached hydrogen (secondary N) is 1. The molecule has 19 heavy (non-hydrogen) atoms. The third-order valence-electron chi connectivity index (χ3n) is 2.99. The first-order chi connectivity index (χ1) is 9.15. The minimum Gasteiger partial charge on any atom is -0.496 e. The van der Waals surface area contributed by atoms with E-state index in [9.17, 15) is 4.39 Å². The SMILES string of the molecule is CNC(c1ccc(F)cc1)c1cc(Br)ccc1OC. The molecule has 0 radical (unpaired) electrons. The fourth-order valence-corrected chi connectivity index (χ4v) is 2.47. The van der Waals surface area contributed by atoms with Gasteiger partial charge in [0.1, 0.15) is 11.6 Å². The normalized spacial score (nSPS) is 12.2. The van der Waals surface area contributed by atoms with Crippen molar-refractivity contribution in [2.45, 2.75) is 6.04 Å². The Bertz CT molecular complexity index is 557. The number of methoxy groups -OCH3 is 1. The van der Waals surface area contributed by atoms with Crippen LogP contribution in [0.4, 0.5) is 4.39 Å². The zero-order valence-corrected chi connectivity index (χ0v) is 12.4. The Kier molecular flexibility index (Phi) is 4.56. The summed E-state index contributed by atoms with van der Waals surface area (Å²) in [6, 6.07) is 12.3. The van der Waals surface area contributed by atoms with Gasteiger partial charge in [0.05, 0.1) is 13.2 Å². The molecule has 0 aromatic heterocycles. The summed E-state index contributed by atoms with van der Waals surface area (Å²) in [4.78, 5) is 0. The molecule has 2 nitrogen and oxygen atoms in total. The van der Waals surface area contributed by atoms with Crippen LogP contribution in [-0.4, -0.2) is 14.2 Å². The van der Waals surface area contributed by atoms with Crippen LogP contribution in [0.25, 0.3) is 0 Å². The zero-order valence-electron chi connectivity index (χ0n) is 10.8. The molecule has 0 saturated heterocycles. The second kappa shape index (κ2) is 6.17. The molecular weight excluding hydrogens is 309 g/mol. The summed E-state index contributed by atoms with van der Waals surface area (Å²) in [7, 11) is 3.51. The van der Waals surface area contributed by atoms with E-state index in [4.69, 9.17) is 4.74 Å². The monoisotopic (exact) mass is 323 g/mol. The van der Waals surface area contributed by atoms with E-state index in [1.54, 1.807) is 19.2 Å². The van der Waals surface area contributed by atoms with E-state index >= 15 is 0 Å². The Hall–Kier alpha value is -1.39. The van der Waals surface area contributed by atoms with Crippen molar-refractivity contribution in [3.8, 4) is 5.75 Å². The lowest BCUT2D eigenvalue weighted by atomic mass is 9.98. The Labute approximate surface area is 120 Å². The molecule has 100 valence electrons. The smallest absolute Gasteiger partial charge is 0.124 e. The van der Waals surface area contributed by atoms with Crippen molar-refractivity contribution in [1.82, 2.24) is 5.32 Å². The molecule has 1 unspecified atom stereocenters. The van der Waals surface area contributed by atoms with Crippen LogP contribution in [0.5, 0.6) is 5.75 Å². The minimum absolute atomic E-state index is 0.0481. The topological polar surface area (TPSA) is 21.3 Å². The highest BCUT2D eigenvalue weighted by Gasteiger charge is 2.17. The first-order valence-corrected chi connectivity index (χ1v) is 6.71. The zero-order chi connectivity index (χ0) is 13.8. The number of hydrogen-bond acceptors (Lipinski definition) is 2. The fourth-order valence-electron chi connectivity index (χ4n) is 2.09. The summed E-state index contributed by atoms with van der Waals surface area (Å²) < 4.78 is 19.4. The molecule has 0 spiro atoms. The summed E-state index contributed by atoms with van der Waals surface area (Å²) in [5.74, 6) is 0.562. The second-order valence-corrected chi connectivity index (χ2v) is 5.08. The summed E-state index contributed by atoms with van der Waals surface area (Å²) >= 11 is 3.46. The average Bonchev–Trinajstić information content (AvgIpc) is 2.42. The van der Waals surface area contributed by atoms with Gasteiger partial charge in [0, 0.05) is 10.0 Å². The van der Waals surface area contributed by atoms with Crippen LogP contribution >= 0.6 is 15.9 Å². The van der Waals surface area contributed by atoms with E-state index in [-0.39, 0.29) is 11.9 Å². The molecule has 2 aromatic carbocycles. The van der Waals surface area contributed by atoms with Crippen LogP contribution in [-0.2, 0) is 0 Å². The van der Waals surface area contributed by atoms with Gasteiger partial charge in [-0.1, -0.05) is 28.1 Å². The second-order valence-electron chi connectivity index (χ2n) is 4.16. The quantitative estimate of drug-likeness (QED) is 0.921. The van der Waals surface area contributed by atoms with Crippen molar-refractivity contribution in [3.63, 3.8) is 0 Å². The molecular formula is C15H15BrFNO. The maximum absolute atomic E-state index is 13.0. The molecule has 0 fully saturated rings. The Balaban J connectivity index is 2.47. The number of rotatable bonds is 4. The molecule has 0 heterocycles. The summed E-state index contributed by atoms with van der Waals surface area (Å²) in [5.41, 5.74) is 1.99. The molecule has 2 rings (SSSR count). The number of benzene rings is 2. The number of ether oxygens (including phenoxy) is 1. The van der Waals surface area contributed by atoms with Crippen LogP contribution in [0.15, 0.2) is 46.9 Å². The van der Waals surface area contributed by atoms with Gasteiger partial charge in [0.15, 0.2) is 0 Å². The summed E-state index contributed by atoms with van der Waals surface area (Å²) in [6.07, 6.45) is 0. The Morgan fingerprint density at radius 1 is 1.16 bits per heavy atom. The van der Waals surface area contributed by atoms with Gasteiger partial charge in [-0.15, -0.1) is 0 Å². The molecule has 0 amide bonds. The van der Waals surface area contributed by atoms with E-state index < -0.39 is 0 Å². The highest BCUT2D eigenvalue weighted by atomic mass is 79.9. The number of hydrogen-bond donors (Lipinski definition) is 1. The van der Waals surface area contributed by atoms with Gasteiger partial charge >= 0.3 is 0 Å². The van der Waals surface area contributed by atoms with Crippen LogP contribution in [0.2, 0.25) is 0 Å². The summed E-state index contributed by atoms with van der Waals surface area (Å²) in [6.45, 7) is 0. The van der Waals surface area contributed by atoms with Crippen molar-refractivity contribution < 1.29 is 9.13 Å².